The number of piperazine rings is 1. The lowest BCUT2D eigenvalue weighted by Crippen LogP contribution is -2.52. The molecule has 0 unspecified atom stereocenters. The first kappa shape index (κ1) is 16.2. The summed E-state index contributed by atoms with van der Waals surface area (Å²) in [5, 5.41) is 2.92. The summed E-state index contributed by atoms with van der Waals surface area (Å²) < 4.78 is 9.99. The van der Waals surface area contributed by atoms with Gasteiger partial charge < -0.3 is 19.7 Å². The first-order valence-electron chi connectivity index (χ1n) is 7.01. The number of hydrogen-bond donors (Lipinski definition) is 1. The maximum atomic E-state index is 11.9. The monoisotopic (exact) mass is 273 g/mol. The number of nitrogens with one attached hydrogen (secondary N) is 1. The van der Waals surface area contributed by atoms with Crippen LogP contribution in [0, 0.1) is 0 Å². The van der Waals surface area contributed by atoms with E-state index < -0.39 is 0 Å². The van der Waals surface area contributed by atoms with Crippen molar-refractivity contribution in [3.05, 3.63) is 0 Å². The number of urea groups is 1. The van der Waals surface area contributed by atoms with E-state index in [1.54, 1.807) is 14.2 Å². The van der Waals surface area contributed by atoms with E-state index in [9.17, 15) is 4.79 Å². The zero-order valence-corrected chi connectivity index (χ0v) is 12.2. The van der Waals surface area contributed by atoms with Crippen LogP contribution in [0.4, 0.5) is 4.79 Å². The van der Waals surface area contributed by atoms with Crippen LogP contribution in [0.25, 0.3) is 0 Å². The summed E-state index contributed by atoms with van der Waals surface area (Å²) in [4.78, 5) is 16.1. The number of carbonyl (C=O) groups excluding carboxylic acids is 1. The van der Waals surface area contributed by atoms with Crippen molar-refractivity contribution < 1.29 is 14.3 Å². The van der Waals surface area contributed by atoms with Gasteiger partial charge in [-0.25, -0.2) is 4.79 Å². The summed E-state index contributed by atoms with van der Waals surface area (Å²) in [5.41, 5.74) is 0. The number of rotatable bonds is 8. The van der Waals surface area contributed by atoms with Crippen LogP contribution >= 0.6 is 0 Å². The fourth-order valence-corrected chi connectivity index (χ4v) is 2.13. The second-order valence-electron chi connectivity index (χ2n) is 4.75. The van der Waals surface area contributed by atoms with Crippen molar-refractivity contribution in [1.29, 1.82) is 0 Å². The molecule has 1 heterocycles. The van der Waals surface area contributed by atoms with E-state index in [-0.39, 0.29) is 6.03 Å². The molecule has 0 saturated carbocycles. The Kier molecular flexibility index (Phi) is 8.53. The molecule has 0 aromatic heterocycles. The van der Waals surface area contributed by atoms with Crippen molar-refractivity contribution >= 4 is 6.03 Å². The van der Waals surface area contributed by atoms with Gasteiger partial charge in [0.15, 0.2) is 0 Å². The Hall–Kier alpha value is -0.850. The summed E-state index contributed by atoms with van der Waals surface area (Å²) in [6.07, 6.45) is 1.92. The molecule has 1 aliphatic rings. The van der Waals surface area contributed by atoms with Crippen LogP contribution in [0.5, 0.6) is 0 Å². The predicted octanol–water partition coefficient (Wildman–Crippen LogP) is 0.387. The fourth-order valence-electron chi connectivity index (χ4n) is 2.13. The molecule has 6 nitrogen and oxygen atoms in total. The Morgan fingerprint density at radius 3 is 2.32 bits per heavy atom. The predicted molar refractivity (Wildman–Crippen MR) is 74.4 cm³/mol. The molecular weight excluding hydrogens is 246 g/mol. The molecule has 1 aliphatic heterocycles. The highest BCUT2D eigenvalue weighted by Crippen LogP contribution is 2.03. The second kappa shape index (κ2) is 10.00. The van der Waals surface area contributed by atoms with Crippen molar-refractivity contribution in [1.82, 2.24) is 15.1 Å². The molecule has 0 spiro atoms. The van der Waals surface area contributed by atoms with Crippen LogP contribution in [-0.2, 0) is 9.47 Å². The van der Waals surface area contributed by atoms with Crippen molar-refractivity contribution in [2.24, 2.45) is 0 Å². The molecule has 1 saturated heterocycles. The van der Waals surface area contributed by atoms with Crippen molar-refractivity contribution in [3.8, 4) is 0 Å². The molecule has 1 N–H and O–H groups in total. The van der Waals surface area contributed by atoms with Gasteiger partial charge in [-0.2, -0.15) is 0 Å². The molecule has 0 bridgehead atoms. The van der Waals surface area contributed by atoms with Gasteiger partial charge in [0.25, 0.3) is 0 Å². The van der Waals surface area contributed by atoms with Crippen LogP contribution in [0.15, 0.2) is 0 Å². The number of carbonyl (C=O) groups is 1. The molecular formula is C13H27N3O3. The maximum absolute atomic E-state index is 11.9. The Labute approximate surface area is 116 Å². The number of ether oxygens (including phenoxy) is 2. The minimum absolute atomic E-state index is 0.0487. The highest BCUT2D eigenvalue weighted by atomic mass is 16.5. The summed E-state index contributed by atoms with van der Waals surface area (Å²) in [5.74, 6) is 0. The quantitative estimate of drug-likeness (QED) is 0.650. The molecule has 0 aromatic rings. The van der Waals surface area contributed by atoms with Crippen LogP contribution in [0.1, 0.15) is 12.8 Å². The molecule has 19 heavy (non-hydrogen) atoms. The van der Waals surface area contributed by atoms with E-state index in [4.69, 9.17) is 9.47 Å². The third-order valence-corrected chi connectivity index (χ3v) is 3.28. The maximum Gasteiger partial charge on any atom is 0.317 e. The van der Waals surface area contributed by atoms with Crippen molar-refractivity contribution in [3.63, 3.8) is 0 Å². The van der Waals surface area contributed by atoms with Crippen LogP contribution < -0.4 is 5.32 Å². The average molecular weight is 273 g/mol. The van der Waals surface area contributed by atoms with Gasteiger partial charge in [-0.3, -0.25) is 4.90 Å². The highest BCUT2D eigenvalue weighted by Gasteiger charge is 2.20. The lowest BCUT2D eigenvalue weighted by Gasteiger charge is -2.34. The van der Waals surface area contributed by atoms with E-state index >= 15 is 0 Å². The van der Waals surface area contributed by atoms with Gasteiger partial charge in [0, 0.05) is 66.7 Å². The molecule has 2 amide bonds. The van der Waals surface area contributed by atoms with E-state index in [1.165, 1.54) is 0 Å². The number of amides is 2. The van der Waals surface area contributed by atoms with Gasteiger partial charge in [0.2, 0.25) is 0 Å². The van der Waals surface area contributed by atoms with Gasteiger partial charge in [0.1, 0.15) is 0 Å². The van der Waals surface area contributed by atoms with Gasteiger partial charge in [-0.05, 0) is 12.8 Å². The first-order chi connectivity index (χ1) is 9.27. The van der Waals surface area contributed by atoms with Crippen LogP contribution in [0.2, 0.25) is 0 Å². The Balaban J connectivity index is 2.09. The van der Waals surface area contributed by atoms with Gasteiger partial charge in [-0.1, -0.05) is 0 Å². The number of nitrogens with zero attached hydrogens (tertiary/aromatic N) is 2. The first-order valence-corrected chi connectivity index (χ1v) is 7.01. The summed E-state index contributed by atoms with van der Waals surface area (Å²) >= 11 is 0. The molecule has 0 radical (unpaired) electrons. The summed E-state index contributed by atoms with van der Waals surface area (Å²) in [6.45, 7) is 6.75. The minimum Gasteiger partial charge on any atom is -0.385 e. The SMILES string of the molecule is COCCCNC(=O)N1CCN(CCCOC)CC1. The molecule has 0 aliphatic carbocycles. The lowest BCUT2D eigenvalue weighted by molar-refractivity contribution is 0.124. The average Bonchev–Trinajstić information content (AvgIpc) is 2.44. The number of hydrogen-bond acceptors (Lipinski definition) is 4. The topological polar surface area (TPSA) is 54.0 Å². The van der Waals surface area contributed by atoms with E-state index in [1.807, 2.05) is 4.90 Å². The van der Waals surface area contributed by atoms with E-state index in [0.717, 1.165) is 52.2 Å². The van der Waals surface area contributed by atoms with E-state index in [2.05, 4.69) is 10.2 Å². The third-order valence-electron chi connectivity index (χ3n) is 3.28. The minimum atomic E-state index is 0.0487. The van der Waals surface area contributed by atoms with E-state index in [0.29, 0.717) is 13.2 Å². The molecule has 6 heteroatoms. The molecule has 1 fully saturated rings. The molecule has 1 rings (SSSR count). The zero-order valence-electron chi connectivity index (χ0n) is 12.2. The largest absolute Gasteiger partial charge is 0.385 e. The number of methoxy groups -OCH3 is 2. The standard InChI is InChI=1S/C13H27N3O3/c1-18-11-3-5-14-13(17)16-9-7-15(8-10-16)6-4-12-19-2/h3-12H2,1-2H3,(H,14,17). The molecule has 0 aromatic carbocycles. The highest BCUT2D eigenvalue weighted by molar-refractivity contribution is 5.74. The third kappa shape index (κ3) is 6.75. The Bertz CT molecular complexity index is 243. The second-order valence-corrected chi connectivity index (χ2v) is 4.75. The van der Waals surface area contributed by atoms with Gasteiger partial charge >= 0.3 is 6.03 Å². The van der Waals surface area contributed by atoms with Crippen LogP contribution in [-0.4, -0.2) is 82.5 Å². The zero-order chi connectivity index (χ0) is 13.9. The van der Waals surface area contributed by atoms with Gasteiger partial charge in [-0.15, -0.1) is 0 Å². The van der Waals surface area contributed by atoms with Gasteiger partial charge in [0.05, 0.1) is 0 Å². The summed E-state index contributed by atoms with van der Waals surface area (Å²) in [6, 6.07) is 0.0487. The fraction of sp³-hybridized carbons (Fsp3) is 0.923. The Morgan fingerprint density at radius 1 is 1.05 bits per heavy atom. The molecule has 0 atom stereocenters. The molecule has 112 valence electrons. The van der Waals surface area contributed by atoms with Crippen molar-refractivity contribution in [2.45, 2.75) is 12.8 Å². The van der Waals surface area contributed by atoms with Crippen LogP contribution in [0.3, 0.4) is 0 Å². The normalized spacial score (nSPS) is 16.6. The smallest absolute Gasteiger partial charge is 0.317 e. The Morgan fingerprint density at radius 2 is 1.68 bits per heavy atom. The summed E-state index contributed by atoms with van der Waals surface area (Å²) in [7, 11) is 3.40. The van der Waals surface area contributed by atoms with Crippen molar-refractivity contribution in [2.75, 3.05) is 66.7 Å². The lowest BCUT2D eigenvalue weighted by atomic mass is 10.3.